The third-order valence-electron chi connectivity index (χ3n) is 11.2. The van der Waals surface area contributed by atoms with E-state index in [4.69, 9.17) is 18.5 Å². The van der Waals surface area contributed by atoms with Gasteiger partial charge in [0, 0.05) is 12.8 Å². The summed E-state index contributed by atoms with van der Waals surface area (Å²) in [7, 11) is -5.19. The van der Waals surface area contributed by atoms with Crippen LogP contribution < -0.4 is 0 Å². The summed E-state index contributed by atoms with van der Waals surface area (Å²) in [6, 6.07) is 0. The van der Waals surface area contributed by atoms with Crippen molar-refractivity contribution >= 4 is 19.8 Å². The molecule has 1 fully saturated rings. The van der Waals surface area contributed by atoms with E-state index in [1.165, 1.54) is 25.7 Å². The van der Waals surface area contributed by atoms with Crippen molar-refractivity contribution in [2.24, 2.45) is 0 Å². The molecule has 68 heavy (non-hydrogen) atoms. The first-order valence-electron chi connectivity index (χ1n) is 25.1. The molecule has 0 heterocycles. The van der Waals surface area contributed by atoms with E-state index >= 15 is 0 Å². The Morgan fingerprint density at radius 1 is 0.529 bits per heavy atom. The number of rotatable bonds is 40. The smallest absolute Gasteiger partial charge is 0.462 e. The Hall–Kier alpha value is -3.05. The zero-order chi connectivity index (χ0) is 50.3. The van der Waals surface area contributed by atoms with Crippen LogP contribution in [0, 0.1) is 0 Å². The standard InChI is InChI=1S/C52H87O15P/c1-3-5-7-8-9-10-11-12-13-14-15-16-17-18-19-20-21-25-28-32-38-46(56)66-44(41-65-68(62,63)67-52-50(60)48(58)47(57)49(59)51(52)61)40-64-45(55)39-33-37-43(54)36-31-27-24-22-23-26-30-35-42(53)34-29-6-4-2/h10-11,13-14,16-17,23-24,26-27,30-31,35-36,42-44,47-54,57-61H,3-9,12,15,18-22,25,28-29,32-34,37-41H2,1-2H3,(H,62,63)/b11-10-,14-13-,17-16-,26-23-,27-24-,35-30+,36-31+/t42-,43-,44+,47?,48-,49+,50+,51+,52?/m0/s1. The van der Waals surface area contributed by atoms with E-state index in [0.717, 1.165) is 83.5 Å². The molecular formula is C52H87O15P. The summed E-state index contributed by atoms with van der Waals surface area (Å²) in [6.07, 6.45) is 32.5. The Morgan fingerprint density at radius 3 is 1.56 bits per heavy atom. The van der Waals surface area contributed by atoms with E-state index in [1.54, 1.807) is 24.3 Å². The van der Waals surface area contributed by atoms with Crippen molar-refractivity contribution in [2.45, 2.75) is 216 Å². The molecule has 8 N–H and O–H groups in total. The number of phosphoric ester groups is 1. The highest BCUT2D eigenvalue weighted by Crippen LogP contribution is 2.47. The summed E-state index contributed by atoms with van der Waals surface area (Å²) in [5, 5.41) is 70.5. The minimum absolute atomic E-state index is 0.0280. The van der Waals surface area contributed by atoms with Crippen LogP contribution in [0.1, 0.15) is 162 Å². The van der Waals surface area contributed by atoms with Gasteiger partial charge in [-0.15, -0.1) is 0 Å². The molecule has 0 aromatic rings. The second kappa shape index (κ2) is 40.7. The Kier molecular flexibility index (Phi) is 37.6. The summed E-state index contributed by atoms with van der Waals surface area (Å²) in [6.45, 7) is 2.98. The molecule has 0 saturated heterocycles. The SMILES string of the molecule is CCCCCC/C=C\C/C=C\C/C=C\CCCCCCCCC(=O)O[C@H](COC(=O)CCC[C@@H](O)/C=C/C=C\C/C=C\C=C\[C@@H](O)CCCCC)COP(=O)(O)OC1[C@H](O)[C@H](O)C(O)[C@H](O)[C@H]1O. The summed E-state index contributed by atoms with van der Waals surface area (Å²) in [5.74, 6) is -1.35. The van der Waals surface area contributed by atoms with Gasteiger partial charge in [-0.1, -0.05) is 163 Å². The molecule has 0 aromatic heterocycles. The number of carbonyl (C=O) groups is 2. The summed E-state index contributed by atoms with van der Waals surface area (Å²) < 4.78 is 33.4. The van der Waals surface area contributed by atoms with Crippen LogP contribution in [0.4, 0.5) is 0 Å². The molecule has 10 atom stereocenters. The quantitative estimate of drug-likeness (QED) is 0.00944. The zero-order valence-electron chi connectivity index (χ0n) is 40.8. The molecule has 1 saturated carbocycles. The van der Waals surface area contributed by atoms with Crippen molar-refractivity contribution in [2.75, 3.05) is 13.2 Å². The van der Waals surface area contributed by atoms with Crippen molar-refractivity contribution in [3.63, 3.8) is 0 Å². The predicted molar refractivity (Wildman–Crippen MR) is 265 cm³/mol. The number of unbranched alkanes of at least 4 members (excludes halogenated alkanes) is 12. The lowest BCUT2D eigenvalue weighted by molar-refractivity contribution is -0.220. The van der Waals surface area contributed by atoms with Gasteiger partial charge in [0.15, 0.2) is 6.10 Å². The maximum absolute atomic E-state index is 12.8. The Bertz CT molecular complexity index is 1540. The number of ether oxygens (including phenoxy) is 2. The monoisotopic (exact) mass is 983 g/mol. The van der Waals surface area contributed by atoms with Gasteiger partial charge in [0.25, 0.3) is 0 Å². The van der Waals surface area contributed by atoms with Crippen molar-refractivity contribution in [1.29, 1.82) is 0 Å². The molecule has 15 nitrogen and oxygen atoms in total. The van der Waals surface area contributed by atoms with Crippen LogP contribution in [0.25, 0.3) is 0 Å². The van der Waals surface area contributed by atoms with Crippen LogP contribution in [0.2, 0.25) is 0 Å². The van der Waals surface area contributed by atoms with Crippen LogP contribution in [0.15, 0.2) is 85.1 Å². The van der Waals surface area contributed by atoms with E-state index in [9.17, 15) is 54.8 Å². The highest BCUT2D eigenvalue weighted by Gasteiger charge is 2.51. The van der Waals surface area contributed by atoms with Gasteiger partial charge in [-0.25, -0.2) is 4.57 Å². The molecule has 1 aliphatic rings. The Balaban J connectivity index is 2.54. The topological polar surface area (TPSA) is 250 Å². The van der Waals surface area contributed by atoms with Crippen LogP contribution in [-0.2, 0) is 32.7 Å². The number of allylic oxidation sites excluding steroid dienone is 12. The van der Waals surface area contributed by atoms with Crippen LogP contribution in [0.5, 0.6) is 0 Å². The normalized spacial score (nSPS) is 22.7. The third kappa shape index (κ3) is 32.7. The van der Waals surface area contributed by atoms with Crippen molar-refractivity contribution in [1.82, 2.24) is 0 Å². The fraction of sp³-hybridized carbons (Fsp3) is 0.692. The van der Waals surface area contributed by atoms with Crippen molar-refractivity contribution in [3.05, 3.63) is 85.1 Å². The highest BCUT2D eigenvalue weighted by molar-refractivity contribution is 7.47. The van der Waals surface area contributed by atoms with Gasteiger partial charge in [0.05, 0.1) is 18.8 Å². The molecule has 1 rings (SSSR count). The second-order valence-corrected chi connectivity index (χ2v) is 18.8. The lowest BCUT2D eigenvalue weighted by atomic mass is 9.85. The number of aliphatic hydroxyl groups excluding tert-OH is 7. The molecule has 0 spiro atoms. The average molecular weight is 983 g/mol. The van der Waals surface area contributed by atoms with Crippen molar-refractivity contribution < 1.29 is 73.3 Å². The molecule has 0 aliphatic heterocycles. The predicted octanol–water partition coefficient (Wildman–Crippen LogP) is 8.39. The van der Waals surface area contributed by atoms with E-state index in [-0.39, 0.29) is 25.7 Å². The molecular weight excluding hydrogens is 896 g/mol. The summed E-state index contributed by atoms with van der Waals surface area (Å²) >= 11 is 0. The van der Waals surface area contributed by atoms with Gasteiger partial charge >= 0.3 is 19.8 Å². The number of hydrogen-bond acceptors (Lipinski definition) is 14. The Labute approximate surface area is 406 Å². The lowest BCUT2D eigenvalue weighted by Gasteiger charge is -2.41. The van der Waals surface area contributed by atoms with E-state index in [2.05, 4.69) is 50.3 Å². The summed E-state index contributed by atoms with van der Waals surface area (Å²) in [5.41, 5.74) is 0. The molecule has 1 aliphatic carbocycles. The molecule has 3 unspecified atom stereocenters. The molecule has 0 amide bonds. The van der Waals surface area contributed by atoms with Gasteiger partial charge in [-0.2, -0.15) is 0 Å². The fourth-order valence-electron chi connectivity index (χ4n) is 7.04. The largest absolute Gasteiger partial charge is 0.472 e. The fourth-order valence-corrected chi connectivity index (χ4v) is 8.01. The molecule has 0 bridgehead atoms. The number of aliphatic hydroxyl groups is 7. The van der Waals surface area contributed by atoms with Crippen LogP contribution in [0.3, 0.4) is 0 Å². The number of carbonyl (C=O) groups excluding carboxylic acids is 2. The first-order valence-corrected chi connectivity index (χ1v) is 26.6. The highest BCUT2D eigenvalue weighted by atomic mass is 31.2. The van der Waals surface area contributed by atoms with Gasteiger partial charge in [0.2, 0.25) is 0 Å². The summed E-state index contributed by atoms with van der Waals surface area (Å²) in [4.78, 5) is 35.8. The van der Waals surface area contributed by atoms with Crippen LogP contribution in [-0.4, -0.2) is 121 Å². The van der Waals surface area contributed by atoms with E-state index in [1.807, 2.05) is 24.3 Å². The van der Waals surface area contributed by atoms with Crippen molar-refractivity contribution in [3.8, 4) is 0 Å². The molecule has 0 radical (unpaired) electrons. The third-order valence-corrected chi connectivity index (χ3v) is 12.2. The maximum atomic E-state index is 12.8. The van der Waals surface area contributed by atoms with Gasteiger partial charge < -0.3 is 50.1 Å². The minimum Gasteiger partial charge on any atom is -0.462 e. The number of hydrogen-bond donors (Lipinski definition) is 8. The zero-order valence-corrected chi connectivity index (χ0v) is 41.7. The lowest BCUT2D eigenvalue weighted by Crippen LogP contribution is -2.64. The van der Waals surface area contributed by atoms with E-state index in [0.29, 0.717) is 12.8 Å². The molecule has 16 heteroatoms. The first-order chi connectivity index (χ1) is 32.7. The van der Waals surface area contributed by atoms with Gasteiger partial charge in [-0.05, 0) is 70.6 Å². The number of phosphoric acid groups is 1. The maximum Gasteiger partial charge on any atom is 0.472 e. The van der Waals surface area contributed by atoms with Gasteiger partial charge in [-0.3, -0.25) is 18.6 Å². The molecule has 0 aromatic carbocycles. The first kappa shape index (κ1) is 63.0. The van der Waals surface area contributed by atoms with Gasteiger partial charge in [0.1, 0.15) is 43.2 Å². The van der Waals surface area contributed by atoms with Crippen LogP contribution >= 0.6 is 7.82 Å². The number of esters is 2. The second-order valence-electron chi connectivity index (χ2n) is 17.4. The average Bonchev–Trinajstić information content (AvgIpc) is 3.31. The van der Waals surface area contributed by atoms with E-state index < -0.39 is 87.9 Å². The Morgan fingerprint density at radius 2 is 0.985 bits per heavy atom. The minimum atomic E-state index is -5.19. The molecule has 390 valence electrons.